The van der Waals surface area contributed by atoms with Gasteiger partial charge in [0.1, 0.15) is 23.6 Å². The first-order valence-electron chi connectivity index (χ1n) is 6.66. The molecule has 1 fully saturated rings. The molecule has 0 bridgehead atoms. The number of amides is 1. The zero-order valence-electron chi connectivity index (χ0n) is 12.1. The number of ether oxygens (including phenoxy) is 1. The fraction of sp³-hybridized carbons (Fsp3) is 0.467. The first-order chi connectivity index (χ1) is 10.0. The van der Waals surface area contributed by atoms with Crippen LogP contribution in [0.2, 0.25) is 0 Å². The van der Waals surface area contributed by atoms with Crippen LogP contribution in [0.3, 0.4) is 0 Å². The van der Waals surface area contributed by atoms with E-state index in [-0.39, 0.29) is 18.4 Å². The Balaban J connectivity index is 1.84. The lowest BCUT2D eigenvalue weighted by Gasteiger charge is -2.13. The highest BCUT2D eigenvalue weighted by Crippen LogP contribution is 2.22. The van der Waals surface area contributed by atoms with Gasteiger partial charge in [0.15, 0.2) is 0 Å². The maximum absolute atomic E-state index is 12.1. The summed E-state index contributed by atoms with van der Waals surface area (Å²) < 4.78 is 10.1. The van der Waals surface area contributed by atoms with Crippen LogP contribution < -0.4 is 5.32 Å². The minimum Gasteiger partial charge on any atom is -0.467 e. The second-order valence-electron chi connectivity index (χ2n) is 4.95. The molecule has 0 aromatic carbocycles. The van der Waals surface area contributed by atoms with Crippen molar-refractivity contribution in [2.75, 3.05) is 13.7 Å². The van der Waals surface area contributed by atoms with Gasteiger partial charge in [0.2, 0.25) is 5.91 Å². The summed E-state index contributed by atoms with van der Waals surface area (Å²) in [4.78, 5) is 25.5. The van der Waals surface area contributed by atoms with Crippen molar-refractivity contribution in [1.29, 1.82) is 0 Å². The Kier molecular flexibility index (Phi) is 4.66. The number of hydrogen-bond acceptors (Lipinski definition) is 5. The molecule has 0 aliphatic carbocycles. The van der Waals surface area contributed by atoms with E-state index < -0.39 is 12.0 Å². The average molecular weight is 290 g/mol. The van der Waals surface area contributed by atoms with Crippen molar-refractivity contribution in [2.24, 2.45) is 0 Å². The molecular weight excluding hydrogens is 272 g/mol. The van der Waals surface area contributed by atoms with Crippen molar-refractivity contribution < 1.29 is 18.7 Å². The van der Waals surface area contributed by atoms with Crippen molar-refractivity contribution in [1.82, 2.24) is 10.2 Å². The minimum absolute atomic E-state index is 0.114. The smallest absolute Gasteiger partial charge is 0.329 e. The maximum Gasteiger partial charge on any atom is 0.329 e. The van der Waals surface area contributed by atoms with E-state index in [0.717, 1.165) is 11.5 Å². The Morgan fingerprint density at radius 3 is 2.95 bits per heavy atom. The highest BCUT2D eigenvalue weighted by Gasteiger charge is 2.41. The predicted molar refractivity (Wildman–Crippen MR) is 75.0 cm³/mol. The standard InChI is InChI=1S/C15H18N2O4/c1-4-5-12(15(19)20-3)16-14(18)13-9-17(13)8-11-7-6-10(2)21-11/h1,6-7,12-13H,5,8-9H2,2-3H3,(H,16,18). The molecule has 1 amide bonds. The molecular formula is C15H18N2O4. The Hall–Kier alpha value is -2.26. The molecule has 1 aliphatic rings. The van der Waals surface area contributed by atoms with Gasteiger partial charge in [-0.25, -0.2) is 4.79 Å². The molecule has 112 valence electrons. The van der Waals surface area contributed by atoms with Crippen LogP contribution in [0.4, 0.5) is 0 Å². The quantitative estimate of drug-likeness (QED) is 0.468. The summed E-state index contributed by atoms with van der Waals surface area (Å²) in [7, 11) is 1.26. The maximum atomic E-state index is 12.1. The second kappa shape index (κ2) is 6.46. The van der Waals surface area contributed by atoms with Crippen molar-refractivity contribution in [3.05, 3.63) is 23.7 Å². The Bertz CT molecular complexity index is 572. The van der Waals surface area contributed by atoms with Crippen LogP contribution >= 0.6 is 0 Å². The molecule has 3 atom stereocenters. The molecule has 0 saturated carbocycles. The van der Waals surface area contributed by atoms with E-state index in [2.05, 4.69) is 16.0 Å². The van der Waals surface area contributed by atoms with Crippen molar-refractivity contribution >= 4 is 11.9 Å². The number of nitrogens with zero attached hydrogens (tertiary/aromatic N) is 1. The summed E-state index contributed by atoms with van der Waals surface area (Å²) in [6, 6.07) is 2.73. The van der Waals surface area contributed by atoms with Crippen molar-refractivity contribution in [3.63, 3.8) is 0 Å². The number of aryl methyl sites for hydroxylation is 1. The lowest BCUT2D eigenvalue weighted by atomic mass is 10.2. The zero-order chi connectivity index (χ0) is 15.4. The molecule has 3 unspecified atom stereocenters. The largest absolute Gasteiger partial charge is 0.467 e. The van der Waals surface area contributed by atoms with E-state index in [4.69, 9.17) is 10.8 Å². The fourth-order valence-electron chi connectivity index (χ4n) is 2.09. The number of carbonyl (C=O) groups excluding carboxylic acids is 2. The third kappa shape index (κ3) is 3.86. The van der Waals surface area contributed by atoms with Gasteiger partial charge in [-0.2, -0.15) is 0 Å². The van der Waals surface area contributed by atoms with Gasteiger partial charge in [-0.3, -0.25) is 9.69 Å². The topological polar surface area (TPSA) is 71.5 Å². The van der Waals surface area contributed by atoms with Crippen molar-refractivity contribution in [2.45, 2.75) is 32.0 Å². The van der Waals surface area contributed by atoms with Gasteiger partial charge in [-0.1, -0.05) is 0 Å². The normalized spacial score (nSPS) is 21.2. The van der Waals surface area contributed by atoms with Crippen molar-refractivity contribution in [3.8, 4) is 12.3 Å². The SMILES string of the molecule is C#CCC(NC(=O)C1CN1Cc1ccc(C)o1)C(=O)OC. The van der Waals surface area contributed by atoms with Gasteiger partial charge in [-0.15, -0.1) is 12.3 Å². The molecule has 21 heavy (non-hydrogen) atoms. The molecule has 1 aromatic rings. The van der Waals surface area contributed by atoms with Crippen LogP contribution in [0.1, 0.15) is 17.9 Å². The fourth-order valence-corrected chi connectivity index (χ4v) is 2.09. The van der Waals surface area contributed by atoms with Crippen LogP contribution in [0.15, 0.2) is 16.5 Å². The number of rotatable bonds is 6. The molecule has 0 spiro atoms. The van der Waals surface area contributed by atoms with Crippen LogP contribution in [-0.2, 0) is 20.9 Å². The van der Waals surface area contributed by atoms with E-state index in [1.54, 1.807) is 0 Å². The van der Waals surface area contributed by atoms with Crippen LogP contribution in [0.25, 0.3) is 0 Å². The number of esters is 1. The highest BCUT2D eigenvalue weighted by atomic mass is 16.5. The number of hydrogen-bond donors (Lipinski definition) is 1. The lowest BCUT2D eigenvalue weighted by Crippen LogP contribution is -2.43. The van der Waals surface area contributed by atoms with Gasteiger partial charge < -0.3 is 14.5 Å². The number of furan rings is 1. The lowest BCUT2D eigenvalue weighted by molar-refractivity contribution is -0.144. The second-order valence-corrected chi connectivity index (χ2v) is 4.95. The highest BCUT2D eigenvalue weighted by molar-refractivity contribution is 5.89. The van der Waals surface area contributed by atoms with Gasteiger partial charge in [0, 0.05) is 13.0 Å². The van der Waals surface area contributed by atoms with E-state index in [1.807, 2.05) is 24.0 Å². The molecule has 2 heterocycles. The summed E-state index contributed by atoms with van der Waals surface area (Å²) in [6.07, 6.45) is 5.30. The number of terminal acetylenes is 1. The third-order valence-electron chi connectivity index (χ3n) is 3.30. The Morgan fingerprint density at radius 1 is 1.62 bits per heavy atom. The number of nitrogens with one attached hydrogen (secondary N) is 1. The minimum atomic E-state index is -0.791. The van der Waals surface area contributed by atoms with E-state index in [9.17, 15) is 9.59 Å². The molecule has 6 heteroatoms. The zero-order valence-corrected chi connectivity index (χ0v) is 12.1. The first kappa shape index (κ1) is 15.1. The van der Waals surface area contributed by atoms with Gasteiger partial charge >= 0.3 is 5.97 Å². The summed E-state index contributed by atoms with van der Waals surface area (Å²) in [5.74, 6) is 3.26. The summed E-state index contributed by atoms with van der Waals surface area (Å²) in [6.45, 7) is 3.08. The average Bonchev–Trinajstić information content (AvgIpc) is 3.11. The molecule has 2 rings (SSSR count). The molecule has 1 saturated heterocycles. The monoisotopic (exact) mass is 290 g/mol. The van der Waals surface area contributed by atoms with Crippen LogP contribution in [-0.4, -0.2) is 42.5 Å². The van der Waals surface area contributed by atoms with Crippen LogP contribution in [0, 0.1) is 19.3 Å². The summed E-state index contributed by atoms with van der Waals surface area (Å²) in [5.41, 5.74) is 0. The molecule has 1 aromatic heterocycles. The molecule has 6 nitrogen and oxygen atoms in total. The third-order valence-corrected chi connectivity index (χ3v) is 3.30. The summed E-state index contributed by atoms with van der Waals surface area (Å²) >= 11 is 0. The Morgan fingerprint density at radius 2 is 2.38 bits per heavy atom. The van der Waals surface area contributed by atoms with Gasteiger partial charge in [0.05, 0.1) is 13.7 Å². The van der Waals surface area contributed by atoms with E-state index >= 15 is 0 Å². The number of carbonyl (C=O) groups is 2. The first-order valence-corrected chi connectivity index (χ1v) is 6.66. The van der Waals surface area contributed by atoms with Gasteiger partial charge in [-0.05, 0) is 19.1 Å². The molecule has 0 radical (unpaired) electrons. The number of methoxy groups -OCH3 is 1. The molecule has 1 N–H and O–H groups in total. The van der Waals surface area contributed by atoms with E-state index in [1.165, 1.54) is 7.11 Å². The Labute approximate surface area is 123 Å². The molecule has 1 aliphatic heterocycles. The van der Waals surface area contributed by atoms with Crippen LogP contribution in [0.5, 0.6) is 0 Å². The van der Waals surface area contributed by atoms with Gasteiger partial charge in [0.25, 0.3) is 0 Å². The van der Waals surface area contributed by atoms with E-state index in [0.29, 0.717) is 13.1 Å². The predicted octanol–water partition coefficient (Wildman–Crippen LogP) is 0.453. The summed E-state index contributed by atoms with van der Waals surface area (Å²) in [5, 5.41) is 2.62.